The summed E-state index contributed by atoms with van der Waals surface area (Å²) >= 11 is 0. The molecule has 1 fully saturated rings. The standard InChI is InChI=1S/C21H26N4O2/c1-3-15-8-6-7-14(2)20(15)25-13-16(11-19(25)26)21(27)23-18-12-22-17-9-4-5-10-24(17)18/h6-8,12,16H,3-5,9-11,13H2,1-2H3,(H,23,27). The molecule has 1 unspecified atom stereocenters. The number of carbonyl (C=O) groups excluding carboxylic acids is 2. The highest BCUT2D eigenvalue weighted by atomic mass is 16.2. The predicted octanol–water partition coefficient (Wildman–Crippen LogP) is 3.08. The molecule has 1 saturated heterocycles. The Balaban J connectivity index is 1.51. The van der Waals surface area contributed by atoms with E-state index in [-0.39, 0.29) is 24.2 Å². The molecule has 0 radical (unpaired) electrons. The van der Waals surface area contributed by atoms with E-state index in [9.17, 15) is 9.59 Å². The Bertz CT molecular complexity index is 886. The van der Waals surface area contributed by atoms with Crippen LogP contribution in [0.4, 0.5) is 11.5 Å². The second-order valence-electron chi connectivity index (χ2n) is 7.50. The highest BCUT2D eigenvalue weighted by molar-refractivity contribution is 6.04. The summed E-state index contributed by atoms with van der Waals surface area (Å²) in [6.07, 6.45) is 6.06. The van der Waals surface area contributed by atoms with Crippen LogP contribution in [-0.2, 0) is 29.0 Å². The average Bonchev–Trinajstić information content (AvgIpc) is 3.25. The predicted molar refractivity (Wildman–Crippen MR) is 105 cm³/mol. The zero-order valence-electron chi connectivity index (χ0n) is 16.0. The van der Waals surface area contributed by atoms with Gasteiger partial charge in [-0.1, -0.05) is 25.1 Å². The maximum Gasteiger partial charge on any atom is 0.230 e. The van der Waals surface area contributed by atoms with Gasteiger partial charge in [-0.15, -0.1) is 0 Å². The number of anilines is 2. The van der Waals surface area contributed by atoms with Gasteiger partial charge in [-0.2, -0.15) is 0 Å². The number of carbonyl (C=O) groups is 2. The number of nitrogens with zero attached hydrogens (tertiary/aromatic N) is 3. The Hall–Kier alpha value is -2.63. The third-order valence-electron chi connectivity index (χ3n) is 5.69. The Morgan fingerprint density at radius 2 is 2.19 bits per heavy atom. The molecule has 142 valence electrons. The van der Waals surface area contributed by atoms with Crippen molar-refractivity contribution >= 4 is 23.3 Å². The van der Waals surface area contributed by atoms with Crippen molar-refractivity contribution in [3.8, 4) is 0 Å². The van der Waals surface area contributed by atoms with Crippen LogP contribution in [0.3, 0.4) is 0 Å². The Kier molecular flexibility index (Phi) is 4.72. The number of benzene rings is 1. The quantitative estimate of drug-likeness (QED) is 0.904. The number of nitrogens with one attached hydrogen (secondary N) is 1. The molecule has 1 atom stereocenters. The first kappa shape index (κ1) is 17.8. The van der Waals surface area contributed by atoms with E-state index in [1.54, 1.807) is 11.1 Å². The van der Waals surface area contributed by atoms with Gasteiger partial charge in [-0.05, 0) is 37.3 Å². The zero-order chi connectivity index (χ0) is 19.0. The fourth-order valence-corrected chi connectivity index (χ4v) is 4.23. The van der Waals surface area contributed by atoms with Crippen LogP contribution in [0, 0.1) is 12.8 Å². The molecule has 6 nitrogen and oxygen atoms in total. The molecule has 0 bridgehead atoms. The Morgan fingerprint density at radius 1 is 1.33 bits per heavy atom. The zero-order valence-corrected chi connectivity index (χ0v) is 16.0. The normalized spacial score (nSPS) is 19.3. The van der Waals surface area contributed by atoms with E-state index in [2.05, 4.69) is 27.9 Å². The van der Waals surface area contributed by atoms with Crippen molar-refractivity contribution in [2.24, 2.45) is 5.92 Å². The van der Waals surface area contributed by atoms with E-state index in [4.69, 9.17) is 0 Å². The molecule has 1 aromatic heterocycles. The number of para-hydroxylation sites is 1. The van der Waals surface area contributed by atoms with E-state index in [0.29, 0.717) is 6.54 Å². The smallest absolute Gasteiger partial charge is 0.230 e. The van der Waals surface area contributed by atoms with E-state index >= 15 is 0 Å². The number of aryl methyl sites for hydroxylation is 3. The van der Waals surface area contributed by atoms with Crippen LogP contribution in [0.25, 0.3) is 0 Å². The molecular weight excluding hydrogens is 340 g/mol. The SMILES string of the molecule is CCc1cccc(C)c1N1CC(C(=O)Nc2cnc3n2CCCC3)CC1=O. The van der Waals surface area contributed by atoms with E-state index < -0.39 is 0 Å². The fourth-order valence-electron chi connectivity index (χ4n) is 4.23. The average molecular weight is 366 g/mol. The van der Waals surface area contributed by atoms with Gasteiger partial charge < -0.3 is 14.8 Å². The number of fused-ring (bicyclic) bond motifs is 1. The second kappa shape index (κ2) is 7.18. The number of amides is 2. The van der Waals surface area contributed by atoms with Gasteiger partial charge in [0, 0.05) is 31.6 Å². The summed E-state index contributed by atoms with van der Waals surface area (Å²) < 4.78 is 2.09. The van der Waals surface area contributed by atoms with Crippen LogP contribution in [0.1, 0.15) is 43.1 Å². The van der Waals surface area contributed by atoms with Gasteiger partial charge in [0.2, 0.25) is 11.8 Å². The lowest BCUT2D eigenvalue weighted by atomic mass is 10.0. The highest BCUT2D eigenvalue weighted by Gasteiger charge is 2.36. The van der Waals surface area contributed by atoms with Gasteiger partial charge in [0.05, 0.1) is 12.1 Å². The van der Waals surface area contributed by atoms with Crippen molar-refractivity contribution in [1.29, 1.82) is 0 Å². The van der Waals surface area contributed by atoms with Crippen molar-refractivity contribution in [3.05, 3.63) is 41.3 Å². The maximum absolute atomic E-state index is 12.8. The molecule has 0 spiro atoms. The van der Waals surface area contributed by atoms with Crippen LogP contribution in [0.2, 0.25) is 0 Å². The lowest BCUT2D eigenvalue weighted by molar-refractivity contribution is -0.122. The number of hydrogen-bond donors (Lipinski definition) is 1. The van der Waals surface area contributed by atoms with Crippen LogP contribution in [0.5, 0.6) is 0 Å². The third kappa shape index (κ3) is 3.24. The molecule has 4 rings (SSSR count). The topological polar surface area (TPSA) is 67.2 Å². The Morgan fingerprint density at radius 3 is 3.00 bits per heavy atom. The first-order valence-corrected chi connectivity index (χ1v) is 9.82. The molecule has 0 saturated carbocycles. The van der Waals surface area contributed by atoms with Crippen LogP contribution < -0.4 is 10.2 Å². The summed E-state index contributed by atoms with van der Waals surface area (Å²) in [7, 11) is 0. The third-order valence-corrected chi connectivity index (χ3v) is 5.69. The molecule has 2 aliphatic rings. The van der Waals surface area contributed by atoms with Crippen LogP contribution in [-0.4, -0.2) is 27.9 Å². The molecule has 1 N–H and O–H groups in total. The van der Waals surface area contributed by atoms with Gasteiger partial charge in [-0.25, -0.2) is 4.98 Å². The van der Waals surface area contributed by atoms with E-state index in [0.717, 1.165) is 60.7 Å². The summed E-state index contributed by atoms with van der Waals surface area (Å²) in [4.78, 5) is 31.7. The highest BCUT2D eigenvalue weighted by Crippen LogP contribution is 2.32. The van der Waals surface area contributed by atoms with Gasteiger partial charge in [-0.3, -0.25) is 9.59 Å². The van der Waals surface area contributed by atoms with Gasteiger partial charge in [0.15, 0.2) is 0 Å². The molecule has 3 heterocycles. The lowest BCUT2D eigenvalue weighted by Crippen LogP contribution is -2.30. The van der Waals surface area contributed by atoms with Crippen molar-refractivity contribution in [2.75, 3.05) is 16.8 Å². The van der Waals surface area contributed by atoms with Gasteiger partial charge >= 0.3 is 0 Å². The van der Waals surface area contributed by atoms with Crippen molar-refractivity contribution in [3.63, 3.8) is 0 Å². The molecule has 2 aromatic rings. The molecular formula is C21H26N4O2. The summed E-state index contributed by atoms with van der Waals surface area (Å²) in [6.45, 7) is 5.44. The summed E-state index contributed by atoms with van der Waals surface area (Å²) in [5.41, 5.74) is 3.20. The maximum atomic E-state index is 12.8. The van der Waals surface area contributed by atoms with Crippen molar-refractivity contribution in [2.45, 2.75) is 52.5 Å². The van der Waals surface area contributed by atoms with E-state index in [1.165, 1.54) is 0 Å². The van der Waals surface area contributed by atoms with Crippen LogP contribution in [0.15, 0.2) is 24.4 Å². The minimum absolute atomic E-state index is 0.0227. The summed E-state index contributed by atoms with van der Waals surface area (Å²) in [5, 5.41) is 3.01. The number of aromatic nitrogens is 2. The summed E-state index contributed by atoms with van der Waals surface area (Å²) in [6, 6.07) is 6.10. The second-order valence-corrected chi connectivity index (χ2v) is 7.50. The van der Waals surface area contributed by atoms with Gasteiger partial charge in [0.1, 0.15) is 11.6 Å². The monoisotopic (exact) mass is 366 g/mol. The van der Waals surface area contributed by atoms with E-state index in [1.807, 2.05) is 19.1 Å². The number of imidazole rings is 1. The largest absolute Gasteiger partial charge is 0.315 e. The van der Waals surface area contributed by atoms with Crippen LogP contribution >= 0.6 is 0 Å². The fraction of sp³-hybridized carbons (Fsp3) is 0.476. The lowest BCUT2D eigenvalue weighted by Gasteiger charge is -2.22. The molecule has 0 aliphatic carbocycles. The first-order valence-electron chi connectivity index (χ1n) is 9.82. The molecule has 2 aliphatic heterocycles. The summed E-state index contributed by atoms with van der Waals surface area (Å²) in [5.74, 6) is 1.38. The number of rotatable bonds is 4. The minimum Gasteiger partial charge on any atom is -0.315 e. The molecule has 1 aromatic carbocycles. The molecule has 27 heavy (non-hydrogen) atoms. The van der Waals surface area contributed by atoms with Gasteiger partial charge in [0.25, 0.3) is 0 Å². The minimum atomic E-state index is -0.337. The molecule has 6 heteroatoms. The van der Waals surface area contributed by atoms with Crippen molar-refractivity contribution in [1.82, 2.24) is 9.55 Å². The number of hydrogen-bond acceptors (Lipinski definition) is 3. The first-order chi connectivity index (χ1) is 13.1. The molecule has 2 amide bonds. The Labute approximate surface area is 159 Å². The van der Waals surface area contributed by atoms with Crippen molar-refractivity contribution < 1.29 is 9.59 Å².